The zero-order valence-electron chi connectivity index (χ0n) is 8.75. The summed E-state index contributed by atoms with van der Waals surface area (Å²) < 4.78 is 72.8. The van der Waals surface area contributed by atoms with Gasteiger partial charge in [0, 0.05) is 5.20 Å². The third kappa shape index (κ3) is 4.38. The molecule has 0 atom stereocenters. The maximum atomic E-state index is 12.4. The highest BCUT2D eigenvalue weighted by molar-refractivity contribution is 6.83. The fraction of sp³-hybridized carbons (Fsp3) is 0.625. The maximum absolute atomic E-state index is 12.4. The van der Waals surface area contributed by atoms with Gasteiger partial charge in [-0.2, -0.15) is 26.3 Å². The zero-order chi connectivity index (χ0) is 13.4. The van der Waals surface area contributed by atoms with E-state index < -0.39 is 31.4 Å². The SMILES string of the molecule is C[Si](C)(C)C(=CC(=O)C(F)(F)F)C(F)(F)F. The smallest absolute Gasteiger partial charge is 0.285 e. The van der Waals surface area contributed by atoms with Gasteiger partial charge in [-0.1, -0.05) is 19.6 Å². The maximum Gasteiger partial charge on any atom is 0.454 e. The first-order valence-electron chi connectivity index (χ1n) is 4.17. The van der Waals surface area contributed by atoms with Crippen molar-refractivity contribution in [3.05, 3.63) is 11.3 Å². The number of allylic oxidation sites excluding steroid dienone is 2. The molecule has 0 amide bonds. The largest absolute Gasteiger partial charge is 0.454 e. The minimum absolute atomic E-state index is 0.327. The molecular formula is C8H10F6OSi. The molecule has 8 heteroatoms. The fourth-order valence-corrected chi connectivity index (χ4v) is 2.35. The lowest BCUT2D eigenvalue weighted by atomic mass is 10.3. The van der Waals surface area contributed by atoms with Crippen LogP contribution in [0.1, 0.15) is 0 Å². The van der Waals surface area contributed by atoms with Gasteiger partial charge in [-0.3, -0.25) is 4.79 Å². The summed E-state index contributed by atoms with van der Waals surface area (Å²) in [6.07, 6.45) is -10.5. The van der Waals surface area contributed by atoms with Gasteiger partial charge in [-0.05, 0) is 6.08 Å². The molecule has 16 heavy (non-hydrogen) atoms. The molecule has 0 spiro atoms. The first-order valence-corrected chi connectivity index (χ1v) is 7.67. The Bertz CT molecular complexity index is 290. The van der Waals surface area contributed by atoms with Crippen molar-refractivity contribution in [1.82, 2.24) is 0 Å². The molecule has 0 aliphatic rings. The molecule has 0 radical (unpaired) electrons. The van der Waals surface area contributed by atoms with E-state index in [1.807, 2.05) is 0 Å². The number of hydrogen-bond acceptors (Lipinski definition) is 1. The predicted molar refractivity (Wildman–Crippen MR) is 48.5 cm³/mol. The second-order valence-corrected chi connectivity index (χ2v) is 9.21. The highest BCUT2D eigenvalue weighted by Gasteiger charge is 2.45. The standard InChI is InChI=1S/C8H10F6OSi/c1-16(2,3)6(8(12,13)14)4-5(15)7(9,10)11/h4H,1-3H3. The van der Waals surface area contributed by atoms with E-state index in [2.05, 4.69) is 0 Å². The number of ketones is 1. The van der Waals surface area contributed by atoms with Gasteiger partial charge in [0.15, 0.2) is 0 Å². The predicted octanol–water partition coefficient (Wildman–Crippen LogP) is 3.48. The van der Waals surface area contributed by atoms with Crippen LogP contribution < -0.4 is 0 Å². The summed E-state index contributed by atoms with van der Waals surface area (Å²) in [6, 6.07) is 0. The van der Waals surface area contributed by atoms with Gasteiger partial charge in [-0.25, -0.2) is 0 Å². The Morgan fingerprint density at radius 1 is 0.938 bits per heavy atom. The van der Waals surface area contributed by atoms with Crippen LogP contribution in [0, 0.1) is 0 Å². The first-order chi connectivity index (χ1) is 6.76. The zero-order valence-corrected chi connectivity index (χ0v) is 9.75. The molecule has 0 saturated carbocycles. The molecule has 94 valence electrons. The highest BCUT2D eigenvalue weighted by atomic mass is 28.3. The summed E-state index contributed by atoms with van der Waals surface area (Å²) in [6.45, 7) is 3.65. The van der Waals surface area contributed by atoms with Crippen molar-refractivity contribution in [1.29, 1.82) is 0 Å². The van der Waals surface area contributed by atoms with Gasteiger partial charge in [0.1, 0.15) is 0 Å². The summed E-state index contributed by atoms with van der Waals surface area (Å²) in [5, 5.41) is -1.36. The monoisotopic (exact) mass is 264 g/mol. The third-order valence-corrected chi connectivity index (χ3v) is 3.71. The van der Waals surface area contributed by atoms with Crippen molar-refractivity contribution >= 4 is 13.9 Å². The number of halogens is 6. The van der Waals surface area contributed by atoms with Crippen LogP contribution >= 0.6 is 0 Å². The minimum Gasteiger partial charge on any atom is -0.285 e. The summed E-state index contributed by atoms with van der Waals surface area (Å²) in [5.74, 6) is -2.47. The lowest BCUT2D eigenvalue weighted by Gasteiger charge is -2.23. The average molecular weight is 264 g/mol. The van der Waals surface area contributed by atoms with Crippen LogP contribution in [0.3, 0.4) is 0 Å². The van der Waals surface area contributed by atoms with Gasteiger partial charge in [0.2, 0.25) is 0 Å². The molecule has 0 aromatic heterocycles. The van der Waals surface area contributed by atoms with E-state index in [0.29, 0.717) is 0 Å². The molecule has 0 N–H and O–H groups in total. The van der Waals surface area contributed by atoms with Crippen LogP contribution in [0.5, 0.6) is 0 Å². The Morgan fingerprint density at radius 2 is 1.31 bits per heavy atom. The Labute approximate surface area is 89.1 Å². The van der Waals surface area contributed by atoms with E-state index in [0.717, 1.165) is 0 Å². The molecule has 0 heterocycles. The molecular weight excluding hydrogens is 254 g/mol. The van der Waals surface area contributed by atoms with Crippen molar-refractivity contribution in [3.8, 4) is 0 Å². The number of alkyl halides is 6. The molecule has 0 aromatic carbocycles. The van der Waals surface area contributed by atoms with Crippen molar-refractivity contribution in [2.75, 3.05) is 0 Å². The van der Waals surface area contributed by atoms with Crippen LogP contribution in [0.4, 0.5) is 26.3 Å². The highest BCUT2D eigenvalue weighted by Crippen LogP contribution is 2.33. The van der Waals surface area contributed by atoms with Gasteiger partial charge >= 0.3 is 12.4 Å². The lowest BCUT2D eigenvalue weighted by molar-refractivity contribution is -0.165. The Morgan fingerprint density at radius 3 is 1.50 bits per heavy atom. The molecule has 1 nitrogen and oxygen atoms in total. The van der Waals surface area contributed by atoms with Gasteiger partial charge in [0.05, 0.1) is 8.07 Å². The second-order valence-electron chi connectivity index (χ2n) is 4.17. The van der Waals surface area contributed by atoms with E-state index in [-0.39, 0.29) is 6.08 Å². The van der Waals surface area contributed by atoms with Gasteiger partial charge in [0.25, 0.3) is 5.78 Å². The average Bonchev–Trinajstić information content (AvgIpc) is 1.92. The minimum atomic E-state index is -5.27. The summed E-state index contributed by atoms with van der Waals surface area (Å²) >= 11 is 0. The van der Waals surface area contributed by atoms with Gasteiger partial charge in [-0.15, -0.1) is 0 Å². The van der Waals surface area contributed by atoms with Crippen molar-refractivity contribution in [2.24, 2.45) is 0 Å². The molecule has 0 fully saturated rings. The molecule has 0 aliphatic carbocycles. The van der Waals surface area contributed by atoms with Gasteiger partial charge < -0.3 is 0 Å². The van der Waals surface area contributed by atoms with E-state index in [9.17, 15) is 31.1 Å². The summed E-state index contributed by atoms with van der Waals surface area (Å²) in [7, 11) is -3.05. The van der Waals surface area contributed by atoms with Crippen molar-refractivity contribution < 1.29 is 31.1 Å². The van der Waals surface area contributed by atoms with E-state index in [1.165, 1.54) is 19.6 Å². The molecule has 0 bridgehead atoms. The molecule has 0 aromatic rings. The number of carbonyl (C=O) groups is 1. The summed E-state index contributed by atoms with van der Waals surface area (Å²) in [5.41, 5.74) is 0. The number of rotatable bonds is 2. The van der Waals surface area contributed by atoms with E-state index in [1.54, 1.807) is 0 Å². The van der Waals surface area contributed by atoms with Crippen LogP contribution in [-0.4, -0.2) is 26.2 Å². The number of hydrogen-bond donors (Lipinski definition) is 0. The fourth-order valence-electron chi connectivity index (χ4n) is 0.936. The topological polar surface area (TPSA) is 17.1 Å². The normalized spacial score (nSPS) is 15.2. The van der Waals surface area contributed by atoms with Crippen molar-refractivity contribution in [3.63, 3.8) is 0 Å². The molecule has 0 saturated heterocycles. The summed E-state index contributed by atoms with van der Waals surface area (Å²) in [4.78, 5) is 10.5. The molecule has 0 rings (SSSR count). The second kappa shape index (κ2) is 4.23. The first kappa shape index (κ1) is 15.2. The molecule has 0 aliphatic heterocycles. The Balaban J connectivity index is 5.41. The lowest BCUT2D eigenvalue weighted by Crippen LogP contribution is -2.36. The Kier molecular flexibility index (Phi) is 4.02. The van der Waals surface area contributed by atoms with Crippen molar-refractivity contribution in [2.45, 2.75) is 32.0 Å². The van der Waals surface area contributed by atoms with E-state index in [4.69, 9.17) is 0 Å². The van der Waals surface area contributed by atoms with E-state index >= 15 is 0 Å². The quantitative estimate of drug-likeness (QED) is 0.424. The van der Waals surface area contributed by atoms with Crippen LogP contribution in [0.2, 0.25) is 19.6 Å². The van der Waals surface area contributed by atoms with Crippen LogP contribution in [0.15, 0.2) is 11.3 Å². The Hall–Kier alpha value is -0.793. The molecule has 0 unspecified atom stereocenters. The third-order valence-electron chi connectivity index (χ3n) is 1.67. The van der Waals surface area contributed by atoms with Crippen LogP contribution in [0.25, 0.3) is 0 Å². The van der Waals surface area contributed by atoms with Crippen LogP contribution in [-0.2, 0) is 4.79 Å². The number of carbonyl (C=O) groups excluding carboxylic acids is 1.